The Kier molecular flexibility index (Phi) is 5.41. The van der Waals surface area contributed by atoms with Gasteiger partial charge in [-0.3, -0.25) is 0 Å². The number of halogens is 3. The van der Waals surface area contributed by atoms with Crippen molar-refractivity contribution in [2.45, 2.75) is 18.9 Å². The fourth-order valence-electron chi connectivity index (χ4n) is 2.67. The molecule has 0 aliphatic carbocycles. The second kappa shape index (κ2) is 7.74. The molecule has 3 rings (SSSR count). The van der Waals surface area contributed by atoms with E-state index in [2.05, 4.69) is 9.72 Å². The monoisotopic (exact) mass is 367 g/mol. The first kappa shape index (κ1) is 18.2. The van der Waals surface area contributed by atoms with Gasteiger partial charge >= 0.3 is 5.97 Å². The first-order chi connectivity index (χ1) is 12.5. The summed E-state index contributed by atoms with van der Waals surface area (Å²) in [5, 5.41) is 0. The highest BCUT2D eigenvalue weighted by Crippen LogP contribution is 2.31. The zero-order valence-corrected chi connectivity index (χ0v) is 13.9. The summed E-state index contributed by atoms with van der Waals surface area (Å²) in [5.74, 6) is -3.89. The molecule has 0 atom stereocenters. The Balaban J connectivity index is 1.94. The maximum absolute atomic E-state index is 14.5. The average Bonchev–Trinajstić information content (AvgIpc) is 2.63. The highest BCUT2D eigenvalue weighted by molar-refractivity contribution is 5.87. The normalized spacial score (nSPS) is 14.9. The van der Waals surface area contributed by atoms with Gasteiger partial charge in [0.1, 0.15) is 40.7 Å². The van der Waals surface area contributed by atoms with Crippen LogP contribution in [0.1, 0.15) is 23.3 Å². The topological polar surface area (TPSA) is 57.7 Å². The molecule has 138 valence electrons. The summed E-state index contributed by atoms with van der Waals surface area (Å²) in [4.78, 5) is 15.2. The fourth-order valence-corrected chi connectivity index (χ4v) is 2.67. The SMILES string of the molecule is COC(=O)c1ccc(F)c(-c2c(F)cc(OC3CCOCC3)cc2F)n1. The third-order valence-electron chi connectivity index (χ3n) is 3.96. The van der Waals surface area contributed by atoms with Gasteiger partial charge in [-0.1, -0.05) is 0 Å². The molecule has 0 bridgehead atoms. The number of carbonyl (C=O) groups excluding carboxylic acids is 1. The number of carbonyl (C=O) groups is 1. The van der Waals surface area contributed by atoms with Crippen LogP contribution in [0.25, 0.3) is 11.3 Å². The highest BCUT2D eigenvalue weighted by atomic mass is 19.1. The van der Waals surface area contributed by atoms with E-state index in [0.29, 0.717) is 26.1 Å². The number of methoxy groups -OCH3 is 1. The Morgan fingerprint density at radius 1 is 1.12 bits per heavy atom. The maximum Gasteiger partial charge on any atom is 0.356 e. The second-order valence-corrected chi connectivity index (χ2v) is 5.71. The Hall–Kier alpha value is -2.61. The zero-order chi connectivity index (χ0) is 18.7. The van der Waals surface area contributed by atoms with Gasteiger partial charge in [0.2, 0.25) is 0 Å². The lowest BCUT2D eigenvalue weighted by atomic mass is 10.1. The summed E-state index contributed by atoms with van der Waals surface area (Å²) in [6.45, 7) is 1.03. The first-order valence-electron chi connectivity index (χ1n) is 7.98. The molecule has 1 saturated heterocycles. The Bertz CT molecular complexity index is 799. The van der Waals surface area contributed by atoms with Crippen LogP contribution >= 0.6 is 0 Å². The molecular weight excluding hydrogens is 351 g/mol. The number of aromatic nitrogens is 1. The molecule has 1 aliphatic heterocycles. The largest absolute Gasteiger partial charge is 0.490 e. The first-order valence-corrected chi connectivity index (χ1v) is 7.98. The Labute approximate surface area is 147 Å². The van der Waals surface area contributed by atoms with Crippen molar-refractivity contribution in [1.29, 1.82) is 0 Å². The molecule has 1 fully saturated rings. The van der Waals surface area contributed by atoms with Crippen molar-refractivity contribution in [2.24, 2.45) is 0 Å². The van der Waals surface area contributed by atoms with E-state index in [4.69, 9.17) is 9.47 Å². The van der Waals surface area contributed by atoms with Crippen LogP contribution in [0.4, 0.5) is 13.2 Å². The van der Waals surface area contributed by atoms with Crippen LogP contribution in [0, 0.1) is 17.5 Å². The number of hydrogen-bond acceptors (Lipinski definition) is 5. The van der Waals surface area contributed by atoms with E-state index in [1.165, 1.54) is 0 Å². The number of pyridine rings is 1. The van der Waals surface area contributed by atoms with Crippen LogP contribution in [0.15, 0.2) is 24.3 Å². The van der Waals surface area contributed by atoms with Crippen LogP contribution in [-0.2, 0) is 9.47 Å². The lowest BCUT2D eigenvalue weighted by Gasteiger charge is -2.23. The van der Waals surface area contributed by atoms with Crippen molar-refractivity contribution < 1.29 is 32.2 Å². The van der Waals surface area contributed by atoms with E-state index >= 15 is 0 Å². The standard InChI is InChI=1S/C18H16F3NO4/c1-24-18(23)15-3-2-12(19)17(22-15)16-13(20)8-11(9-14(16)21)26-10-4-6-25-7-5-10/h2-3,8-10H,4-7H2,1H3. The van der Waals surface area contributed by atoms with E-state index in [0.717, 1.165) is 31.4 Å². The molecule has 5 nitrogen and oxygen atoms in total. The minimum Gasteiger partial charge on any atom is -0.490 e. The molecule has 0 radical (unpaired) electrons. The molecule has 0 spiro atoms. The average molecular weight is 367 g/mol. The van der Waals surface area contributed by atoms with Gasteiger partial charge in [0.25, 0.3) is 0 Å². The molecule has 1 aromatic heterocycles. The van der Waals surface area contributed by atoms with Gasteiger partial charge in [-0.15, -0.1) is 0 Å². The highest BCUT2D eigenvalue weighted by Gasteiger charge is 2.22. The molecule has 1 aliphatic rings. The number of hydrogen-bond donors (Lipinski definition) is 0. The minimum atomic E-state index is -1.04. The molecule has 2 aromatic rings. The molecule has 1 aromatic carbocycles. The number of esters is 1. The summed E-state index contributed by atoms with van der Waals surface area (Å²) < 4.78 is 58.3. The molecular formula is C18H16F3NO4. The van der Waals surface area contributed by atoms with Gasteiger partial charge < -0.3 is 14.2 Å². The Morgan fingerprint density at radius 2 is 1.77 bits per heavy atom. The third-order valence-corrected chi connectivity index (χ3v) is 3.96. The molecule has 0 amide bonds. The molecule has 8 heteroatoms. The molecule has 26 heavy (non-hydrogen) atoms. The molecule has 0 N–H and O–H groups in total. The second-order valence-electron chi connectivity index (χ2n) is 5.71. The van der Waals surface area contributed by atoms with Crippen molar-refractivity contribution in [3.05, 3.63) is 47.4 Å². The maximum atomic E-state index is 14.5. The summed E-state index contributed by atoms with van der Waals surface area (Å²) in [6.07, 6.45) is 1.02. The fraction of sp³-hybridized carbons (Fsp3) is 0.333. The van der Waals surface area contributed by atoms with Crippen LogP contribution in [-0.4, -0.2) is 37.4 Å². The van der Waals surface area contributed by atoms with E-state index in [9.17, 15) is 18.0 Å². The number of rotatable bonds is 4. The lowest BCUT2D eigenvalue weighted by Crippen LogP contribution is -2.26. The predicted octanol–water partition coefficient (Wildman–Crippen LogP) is 3.51. The summed E-state index contributed by atoms with van der Waals surface area (Å²) >= 11 is 0. The van der Waals surface area contributed by atoms with E-state index in [1.807, 2.05) is 0 Å². The van der Waals surface area contributed by atoms with Gasteiger partial charge in [0, 0.05) is 25.0 Å². The zero-order valence-electron chi connectivity index (χ0n) is 13.9. The molecule has 0 unspecified atom stereocenters. The van der Waals surface area contributed by atoms with Gasteiger partial charge in [0.15, 0.2) is 0 Å². The smallest absolute Gasteiger partial charge is 0.356 e. The van der Waals surface area contributed by atoms with Gasteiger partial charge in [-0.25, -0.2) is 22.9 Å². The summed E-state index contributed by atoms with van der Waals surface area (Å²) in [6, 6.07) is 3.92. The number of ether oxygens (including phenoxy) is 3. The number of benzene rings is 1. The van der Waals surface area contributed by atoms with Crippen LogP contribution in [0.5, 0.6) is 5.75 Å². The van der Waals surface area contributed by atoms with Gasteiger partial charge in [0.05, 0.1) is 25.9 Å². The predicted molar refractivity (Wildman–Crippen MR) is 85.4 cm³/mol. The quantitative estimate of drug-likeness (QED) is 0.774. The molecule has 2 heterocycles. The van der Waals surface area contributed by atoms with E-state index in [-0.39, 0.29) is 17.5 Å². The molecule has 0 saturated carbocycles. The third kappa shape index (κ3) is 3.80. The van der Waals surface area contributed by atoms with Gasteiger partial charge in [-0.2, -0.15) is 0 Å². The van der Waals surface area contributed by atoms with Crippen LogP contribution in [0.3, 0.4) is 0 Å². The van der Waals surface area contributed by atoms with Crippen LogP contribution in [0.2, 0.25) is 0 Å². The van der Waals surface area contributed by atoms with Crippen molar-refractivity contribution in [3.63, 3.8) is 0 Å². The number of nitrogens with zero attached hydrogens (tertiary/aromatic N) is 1. The lowest BCUT2D eigenvalue weighted by molar-refractivity contribution is 0.0253. The summed E-state index contributed by atoms with van der Waals surface area (Å²) in [7, 11) is 1.12. The summed E-state index contributed by atoms with van der Waals surface area (Å²) in [5.41, 5.74) is -1.54. The van der Waals surface area contributed by atoms with Crippen molar-refractivity contribution in [3.8, 4) is 17.0 Å². The van der Waals surface area contributed by atoms with Gasteiger partial charge in [-0.05, 0) is 12.1 Å². The van der Waals surface area contributed by atoms with E-state index < -0.39 is 34.7 Å². The van der Waals surface area contributed by atoms with E-state index in [1.54, 1.807) is 0 Å². The van der Waals surface area contributed by atoms with Crippen molar-refractivity contribution >= 4 is 5.97 Å². The van der Waals surface area contributed by atoms with Crippen molar-refractivity contribution in [1.82, 2.24) is 4.98 Å². The minimum absolute atomic E-state index is 0.000167. The Morgan fingerprint density at radius 3 is 2.38 bits per heavy atom. The van der Waals surface area contributed by atoms with Crippen molar-refractivity contribution in [2.75, 3.05) is 20.3 Å². The van der Waals surface area contributed by atoms with Crippen LogP contribution < -0.4 is 4.74 Å².